The number of nitrogens with zero attached hydrogens (tertiary/aromatic N) is 1. The molecule has 1 aromatic rings. The summed E-state index contributed by atoms with van der Waals surface area (Å²) in [5, 5.41) is 5.65. The number of hydrogen-bond acceptors (Lipinski definition) is 5. The van der Waals surface area contributed by atoms with E-state index < -0.39 is 11.7 Å². The average molecular weight is 389 g/mol. The van der Waals surface area contributed by atoms with Crippen molar-refractivity contribution in [2.75, 3.05) is 25.0 Å². The molecule has 7 heteroatoms. The number of alkyl carbamates (subject to hydrolysis) is 1. The average Bonchev–Trinajstić information content (AvgIpc) is 2.59. The predicted molar refractivity (Wildman–Crippen MR) is 109 cm³/mol. The molecule has 1 unspecified atom stereocenters. The Bertz CT molecular complexity index is 712. The summed E-state index contributed by atoms with van der Waals surface area (Å²) in [6.07, 6.45) is 2.54. The molecule has 0 spiro atoms. The first-order valence-corrected chi connectivity index (χ1v) is 9.76. The zero-order chi connectivity index (χ0) is 20.7. The highest BCUT2D eigenvalue weighted by Gasteiger charge is 2.26. The van der Waals surface area contributed by atoms with Gasteiger partial charge in [0, 0.05) is 18.2 Å². The van der Waals surface area contributed by atoms with E-state index in [1.54, 1.807) is 24.3 Å². The monoisotopic (exact) mass is 389 g/mol. The van der Waals surface area contributed by atoms with E-state index in [2.05, 4.69) is 15.5 Å². The molecule has 28 heavy (non-hydrogen) atoms. The van der Waals surface area contributed by atoms with Gasteiger partial charge < -0.3 is 15.4 Å². The second-order valence-electron chi connectivity index (χ2n) is 8.15. The van der Waals surface area contributed by atoms with Gasteiger partial charge in [0.2, 0.25) is 5.91 Å². The van der Waals surface area contributed by atoms with E-state index in [4.69, 9.17) is 4.74 Å². The number of carbonyl (C=O) groups excluding carboxylic acids is 3. The maximum atomic E-state index is 12.6. The first-order chi connectivity index (χ1) is 13.2. The number of Topliss-reactive ketones (excluding diaryl/α,β-unsaturated/α-hetero) is 1. The molecule has 0 aromatic heterocycles. The second kappa shape index (κ2) is 9.68. The van der Waals surface area contributed by atoms with Crippen molar-refractivity contribution in [2.24, 2.45) is 0 Å². The highest BCUT2D eigenvalue weighted by molar-refractivity contribution is 6.04. The minimum atomic E-state index is -0.541. The van der Waals surface area contributed by atoms with Gasteiger partial charge in [0.25, 0.3) is 0 Å². The van der Waals surface area contributed by atoms with Crippen LogP contribution in [0.2, 0.25) is 0 Å². The fourth-order valence-corrected chi connectivity index (χ4v) is 3.29. The molecule has 0 aliphatic carbocycles. The van der Waals surface area contributed by atoms with Crippen LogP contribution in [0, 0.1) is 0 Å². The van der Waals surface area contributed by atoms with Gasteiger partial charge >= 0.3 is 6.09 Å². The van der Waals surface area contributed by atoms with Crippen LogP contribution in [0.25, 0.3) is 0 Å². The first-order valence-electron chi connectivity index (χ1n) is 9.76. The number of ketones is 1. The number of anilines is 1. The number of ether oxygens (including phenoxy) is 1. The normalized spacial score (nSPS) is 17.6. The van der Waals surface area contributed by atoms with Crippen LogP contribution in [0.1, 0.15) is 57.3 Å². The third kappa shape index (κ3) is 6.96. The molecule has 1 aliphatic heterocycles. The zero-order valence-corrected chi connectivity index (χ0v) is 17.2. The number of amides is 2. The molecule has 1 atom stereocenters. The first kappa shape index (κ1) is 21.9. The van der Waals surface area contributed by atoms with Crippen LogP contribution in [0.3, 0.4) is 0 Å². The Hall–Kier alpha value is -2.41. The van der Waals surface area contributed by atoms with E-state index >= 15 is 0 Å². The third-order valence-electron chi connectivity index (χ3n) is 4.56. The summed E-state index contributed by atoms with van der Waals surface area (Å²) in [6.45, 7) is 8.39. The van der Waals surface area contributed by atoms with E-state index in [1.807, 2.05) is 20.8 Å². The molecule has 1 aromatic carbocycles. The lowest BCUT2D eigenvalue weighted by atomic mass is 10.0. The summed E-state index contributed by atoms with van der Waals surface area (Å²) in [6, 6.07) is 7.07. The molecule has 2 N–H and O–H groups in total. The molecular formula is C21H31N3O4. The molecule has 154 valence electrons. The number of hydrogen-bond donors (Lipinski definition) is 2. The van der Waals surface area contributed by atoms with Gasteiger partial charge in [-0.1, -0.05) is 18.6 Å². The number of piperidine rings is 1. The predicted octanol–water partition coefficient (Wildman–Crippen LogP) is 3.21. The van der Waals surface area contributed by atoms with Gasteiger partial charge in [-0.15, -0.1) is 0 Å². The molecule has 1 heterocycles. The third-order valence-corrected chi connectivity index (χ3v) is 4.56. The minimum Gasteiger partial charge on any atom is -0.444 e. The van der Waals surface area contributed by atoms with Crippen molar-refractivity contribution in [1.29, 1.82) is 0 Å². The van der Waals surface area contributed by atoms with E-state index in [9.17, 15) is 14.4 Å². The summed E-state index contributed by atoms with van der Waals surface area (Å²) in [5.41, 5.74) is 0.485. The van der Waals surface area contributed by atoms with Crippen LogP contribution in [0.15, 0.2) is 24.3 Å². The Morgan fingerprint density at radius 3 is 2.57 bits per heavy atom. The summed E-state index contributed by atoms with van der Waals surface area (Å²) in [7, 11) is 0. The minimum absolute atomic E-state index is 0.0788. The van der Waals surface area contributed by atoms with Crippen molar-refractivity contribution in [3.63, 3.8) is 0 Å². The van der Waals surface area contributed by atoms with Gasteiger partial charge in [-0.3, -0.25) is 14.5 Å². The SMILES string of the molecule is CC(=O)c1ccccc1NC(=O)CN1CCCCC1CNC(=O)OC(C)(C)C. The summed E-state index contributed by atoms with van der Waals surface area (Å²) in [4.78, 5) is 38.3. The molecule has 7 nitrogen and oxygen atoms in total. The summed E-state index contributed by atoms with van der Waals surface area (Å²) in [5.74, 6) is -0.258. The summed E-state index contributed by atoms with van der Waals surface area (Å²) < 4.78 is 5.28. The molecule has 1 saturated heterocycles. The Morgan fingerprint density at radius 1 is 1.18 bits per heavy atom. The van der Waals surface area contributed by atoms with Crippen molar-refractivity contribution < 1.29 is 19.1 Å². The standard InChI is InChI=1S/C21H31N3O4/c1-15(25)17-10-5-6-11-18(17)23-19(26)14-24-12-8-7-9-16(24)13-22-20(27)28-21(2,3)4/h5-6,10-11,16H,7-9,12-14H2,1-4H3,(H,22,27)(H,23,26). The Morgan fingerprint density at radius 2 is 1.89 bits per heavy atom. The fraction of sp³-hybridized carbons (Fsp3) is 0.571. The molecule has 0 radical (unpaired) electrons. The molecule has 2 amide bonds. The molecule has 1 fully saturated rings. The van der Waals surface area contributed by atoms with Crippen LogP contribution in [0.5, 0.6) is 0 Å². The van der Waals surface area contributed by atoms with Gasteiger partial charge in [-0.25, -0.2) is 4.79 Å². The Labute approximate surface area is 166 Å². The number of likely N-dealkylation sites (tertiary alicyclic amines) is 1. The molecule has 2 rings (SSSR count). The maximum Gasteiger partial charge on any atom is 0.407 e. The van der Waals surface area contributed by atoms with E-state index in [-0.39, 0.29) is 24.3 Å². The zero-order valence-electron chi connectivity index (χ0n) is 17.2. The summed E-state index contributed by atoms with van der Waals surface area (Å²) >= 11 is 0. The number of rotatable bonds is 6. The van der Waals surface area contributed by atoms with E-state index in [0.29, 0.717) is 17.8 Å². The van der Waals surface area contributed by atoms with Crippen LogP contribution < -0.4 is 10.6 Å². The number of nitrogens with one attached hydrogen (secondary N) is 2. The molecular weight excluding hydrogens is 358 g/mol. The van der Waals surface area contributed by atoms with Crippen molar-refractivity contribution in [1.82, 2.24) is 10.2 Å². The van der Waals surface area contributed by atoms with Crippen molar-refractivity contribution in [2.45, 2.75) is 58.6 Å². The lowest BCUT2D eigenvalue weighted by Gasteiger charge is -2.35. The molecule has 1 aliphatic rings. The largest absolute Gasteiger partial charge is 0.444 e. The molecule has 0 saturated carbocycles. The molecule has 0 bridgehead atoms. The number of carbonyl (C=O) groups is 3. The van der Waals surface area contributed by atoms with Gasteiger partial charge in [-0.2, -0.15) is 0 Å². The fourth-order valence-electron chi connectivity index (χ4n) is 3.29. The van der Waals surface area contributed by atoms with Crippen molar-refractivity contribution in [3.8, 4) is 0 Å². The maximum absolute atomic E-state index is 12.6. The van der Waals surface area contributed by atoms with E-state index in [0.717, 1.165) is 25.8 Å². The Kier molecular flexibility index (Phi) is 7.57. The number of benzene rings is 1. The van der Waals surface area contributed by atoms with Crippen molar-refractivity contribution in [3.05, 3.63) is 29.8 Å². The quantitative estimate of drug-likeness (QED) is 0.730. The van der Waals surface area contributed by atoms with Gasteiger partial charge in [0.1, 0.15) is 5.60 Å². The van der Waals surface area contributed by atoms with Crippen LogP contribution in [-0.2, 0) is 9.53 Å². The van der Waals surface area contributed by atoms with Gasteiger partial charge in [0.05, 0.1) is 12.2 Å². The second-order valence-corrected chi connectivity index (χ2v) is 8.15. The lowest BCUT2D eigenvalue weighted by Crippen LogP contribution is -2.49. The van der Waals surface area contributed by atoms with Crippen molar-refractivity contribution >= 4 is 23.5 Å². The van der Waals surface area contributed by atoms with Gasteiger partial charge in [0.15, 0.2) is 5.78 Å². The van der Waals surface area contributed by atoms with Gasteiger partial charge in [-0.05, 0) is 59.2 Å². The highest BCUT2D eigenvalue weighted by atomic mass is 16.6. The van der Waals surface area contributed by atoms with E-state index in [1.165, 1.54) is 6.92 Å². The van der Waals surface area contributed by atoms with Crippen LogP contribution in [0.4, 0.5) is 10.5 Å². The van der Waals surface area contributed by atoms with Crippen LogP contribution in [-0.4, -0.2) is 54.0 Å². The number of para-hydroxylation sites is 1. The Balaban J connectivity index is 1.92. The topological polar surface area (TPSA) is 87.7 Å². The smallest absolute Gasteiger partial charge is 0.407 e. The van der Waals surface area contributed by atoms with Crippen LogP contribution >= 0.6 is 0 Å². The highest BCUT2D eigenvalue weighted by Crippen LogP contribution is 2.18. The lowest BCUT2D eigenvalue weighted by molar-refractivity contribution is -0.118.